The van der Waals surface area contributed by atoms with Gasteiger partial charge in [0, 0.05) is 54.8 Å². The molecule has 0 aliphatic rings. The Hall–Kier alpha value is -7.75. The van der Waals surface area contributed by atoms with Gasteiger partial charge in [0.05, 0.1) is 33.5 Å². The summed E-state index contributed by atoms with van der Waals surface area (Å²) in [5.41, 5.74) is 13.6. The van der Waals surface area contributed by atoms with Crippen molar-refractivity contribution in [3.05, 3.63) is 212 Å². The van der Waals surface area contributed by atoms with Crippen molar-refractivity contribution in [2.24, 2.45) is 0 Å². The van der Waals surface area contributed by atoms with Crippen LogP contribution in [0.1, 0.15) is 0 Å². The second-order valence-electron chi connectivity index (χ2n) is 15.1. The number of hydrogen-bond donors (Lipinski definition) is 0. The molecule has 12 aromatic rings. The van der Waals surface area contributed by atoms with E-state index >= 15 is 0 Å². The standard InChI is InChI=1S/C55H35N3/c1-4-14-37(15-5-1)49-34-40(35-50(56-49)38-16-6-2-7-17-38)36-24-28-42(29-25-36)57-51-22-12-10-20-43(51)46-33-32-45-48(54(46)57)31-27-39-26-30-47-44-21-11-13-23-52(44)58(55(47)53(39)45)41-18-8-3-9-19-41/h1-35H. The Morgan fingerprint density at radius 1 is 0.293 bits per heavy atom. The summed E-state index contributed by atoms with van der Waals surface area (Å²) in [6.07, 6.45) is 0. The lowest BCUT2D eigenvalue weighted by atomic mass is 9.97. The van der Waals surface area contributed by atoms with Crippen LogP contribution >= 0.6 is 0 Å². The van der Waals surface area contributed by atoms with E-state index in [1.165, 1.54) is 65.2 Å². The van der Waals surface area contributed by atoms with Gasteiger partial charge in [0.1, 0.15) is 0 Å². The van der Waals surface area contributed by atoms with Gasteiger partial charge in [-0.25, -0.2) is 4.98 Å². The van der Waals surface area contributed by atoms with Crippen LogP contribution in [0.25, 0.3) is 110 Å². The summed E-state index contributed by atoms with van der Waals surface area (Å²) in [4.78, 5) is 5.12. The molecular weight excluding hydrogens is 703 g/mol. The Kier molecular flexibility index (Phi) is 7.23. The van der Waals surface area contributed by atoms with Crippen LogP contribution in [-0.2, 0) is 0 Å². The summed E-state index contributed by atoms with van der Waals surface area (Å²) in [7, 11) is 0. The van der Waals surface area contributed by atoms with E-state index in [2.05, 4.69) is 221 Å². The lowest BCUT2D eigenvalue weighted by Gasteiger charge is -2.14. The summed E-state index contributed by atoms with van der Waals surface area (Å²) in [5, 5.41) is 9.99. The molecule has 0 unspecified atom stereocenters. The number of fused-ring (bicyclic) bond motifs is 11. The Morgan fingerprint density at radius 2 is 0.741 bits per heavy atom. The first-order valence-corrected chi connectivity index (χ1v) is 19.9. The van der Waals surface area contributed by atoms with Gasteiger partial charge in [-0.2, -0.15) is 0 Å². The molecule has 12 rings (SSSR count). The fourth-order valence-electron chi connectivity index (χ4n) is 9.27. The van der Waals surface area contributed by atoms with Crippen LogP contribution in [0.15, 0.2) is 212 Å². The van der Waals surface area contributed by atoms with Crippen molar-refractivity contribution in [1.82, 2.24) is 14.1 Å². The first-order chi connectivity index (χ1) is 28.8. The highest BCUT2D eigenvalue weighted by molar-refractivity contribution is 6.29. The summed E-state index contributed by atoms with van der Waals surface area (Å²) in [6, 6.07) is 76.7. The maximum absolute atomic E-state index is 5.12. The van der Waals surface area contributed by atoms with Crippen molar-refractivity contribution >= 4 is 65.2 Å². The first kappa shape index (κ1) is 32.5. The van der Waals surface area contributed by atoms with E-state index < -0.39 is 0 Å². The van der Waals surface area contributed by atoms with Crippen LogP contribution in [0.5, 0.6) is 0 Å². The largest absolute Gasteiger partial charge is 0.309 e. The van der Waals surface area contributed by atoms with Gasteiger partial charge in [-0.1, -0.05) is 164 Å². The fourth-order valence-corrected chi connectivity index (χ4v) is 9.27. The summed E-state index contributed by atoms with van der Waals surface area (Å²) >= 11 is 0. The molecule has 0 aliphatic heterocycles. The summed E-state index contributed by atoms with van der Waals surface area (Å²) in [5.74, 6) is 0. The molecule has 0 radical (unpaired) electrons. The molecule has 270 valence electrons. The lowest BCUT2D eigenvalue weighted by Crippen LogP contribution is -1.96. The SMILES string of the molecule is c1ccc(-c2cc(-c3ccc(-n4c5ccccc5c5ccc6c(ccc7ccc8c9ccccc9n(-c9ccccc9)c8c76)c54)cc3)cc(-c3ccccc3)n2)cc1. The lowest BCUT2D eigenvalue weighted by molar-refractivity contribution is 1.19. The molecule has 0 fully saturated rings. The molecule has 58 heavy (non-hydrogen) atoms. The molecule has 0 saturated heterocycles. The third kappa shape index (κ3) is 4.97. The number of nitrogens with zero attached hydrogens (tertiary/aromatic N) is 3. The van der Waals surface area contributed by atoms with Crippen LogP contribution in [-0.4, -0.2) is 14.1 Å². The van der Waals surface area contributed by atoms with E-state index in [0.29, 0.717) is 0 Å². The summed E-state index contributed by atoms with van der Waals surface area (Å²) < 4.78 is 4.92. The molecule has 0 saturated carbocycles. The van der Waals surface area contributed by atoms with Crippen LogP contribution in [0.3, 0.4) is 0 Å². The number of para-hydroxylation sites is 3. The molecular formula is C55H35N3. The van der Waals surface area contributed by atoms with Crippen molar-refractivity contribution in [1.29, 1.82) is 0 Å². The Bertz CT molecular complexity index is 3470. The van der Waals surface area contributed by atoms with E-state index in [0.717, 1.165) is 45.0 Å². The van der Waals surface area contributed by atoms with Crippen molar-refractivity contribution < 1.29 is 0 Å². The molecule has 0 aliphatic carbocycles. The Morgan fingerprint density at radius 3 is 1.34 bits per heavy atom. The first-order valence-electron chi connectivity index (χ1n) is 19.9. The van der Waals surface area contributed by atoms with Gasteiger partial charge in [0.2, 0.25) is 0 Å². The topological polar surface area (TPSA) is 22.8 Å². The zero-order valence-corrected chi connectivity index (χ0v) is 31.5. The highest BCUT2D eigenvalue weighted by atomic mass is 15.0. The minimum atomic E-state index is 0.961. The van der Waals surface area contributed by atoms with Gasteiger partial charge in [-0.15, -0.1) is 0 Å². The van der Waals surface area contributed by atoms with Gasteiger partial charge in [0.15, 0.2) is 0 Å². The third-order valence-electron chi connectivity index (χ3n) is 11.9. The zero-order chi connectivity index (χ0) is 38.2. The average Bonchev–Trinajstić information content (AvgIpc) is 3.83. The van der Waals surface area contributed by atoms with Crippen molar-refractivity contribution in [2.45, 2.75) is 0 Å². The quantitative estimate of drug-likeness (QED) is 0.161. The van der Waals surface area contributed by atoms with Crippen LogP contribution < -0.4 is 0 Å². The second kappa shape index (κ2) is 12.9. The van der Waals surface area contributed by atoms with Crippen LogP contribution in [0, 0.1) is 0 Å². The molecule has 0 atom stereocenters. The highest BCUT2D eigenvalue weighted by Gasteiger charge is 2.20. The number of aromatic nitrogens is 3. The predicted molar refractivity (Wildman–Crippen MR) is 244 cm³/mol. The molecule has 3 heteroatoms. The van der Waals surface area contributed by atoms with Gasteiger partial charge < -0.3 is 9.13 Å². The minimum Gasteiger partial charge on any atom is -0.309 e. The molecule has 0 N–H and O–H groups in total. The normalized spacial score (nSPS) is 11.8. The molecule has 3 aromatic heterocycles. The van der Waals surface area contributed by atoms with E-state index in [1.807, 2.05) is 0 Å². The molecule has 0 spiro atoms. The van der Waals surface area contributed by atoms with Gasteiger partial charge >= 0.3 is 0 Å². The average molecular weight is 738 g/mol. The van der Waals surface area contributed by atoms with E-state index in [1.54, 1.807) is 0 Å². The maximum Gasteiger partial charge on any atom is 0.0715 e. The Labute approximate surface area is 335 Å². The summed E-state index contributed by atoms with van der Waals surface area (Å²) in [6.45, 7) is 0. The van der Waals surface area contributed by atoms with Crippen molar-refractivity contribution in [2.75, 3.05) is 0 Å². The van der Waals surface area contributed by atoms with Crippen molar-refractivity contribution in [3.63, 3.8) is 0 Å². The number of hydrogen-bond acceptors (Lipinski definition) is 1. The van der Waals surface area contributed by atoms with Gasteiger partial charge in [0.25, 0.3) is 0 Å². The van der Waals surface area contributed by atoms with Crippen LogP contribution in [0.4, 0.5) is 0 Å². The molecule has 3 nitrogen and oxygen atoms in total. The number of pyridine rings is 1. The van der Waals surface area contributed by atoms with E-state index in [9.17, 15) is 0 Å². The fraction of sp³-hybridized carbons (Fsp3) is 0. The maximum atomic E-state index is 5.12. The molecule has 3 heterocycles. The monoisotopic (exact) mass is 737 g/mol. The molecule has 9 aromatic carbocycles. The predicted octanol–water partition coefficient (Wildman–Crippen LogP) is 14.6. The zero-order valence-electron chi connectivity index (χ0n) is 31.5. The van der Waals surface area contributed by atoms with Crippen molar-refractivity contribution in [3.8, 4) is 45.0 Å². The van der Waals surface area contributed by atoms with Crippen LogP contribution in [0.2, 0.25) is 0 Å². The highest BCUT2D eigenvalue weighted by Crippen LogP contribution is 2.43. The Balaban J connectivity index is 1.09. The second-order valence-corrected chi connectivity index (χ2v) is 15.1. The molecule has 0 amide bonds. The van der Waals surface area contributed by atoms with Gasteiger partial charge in [-0.05, 0) is 70.4 Å². The van der Waals surface area contributed by atoms with E-state index in [-0.39, 0.29) is 0 Å². The minimum absolute atomic E-state index is 0.961. The number of benzene rings is 9. The van der Waals surface area contributed by atoms with E-state index in [4.69, 9.17) is 4.98 Å². The van der Waals surface area contributed by atoms with Gasteiger partial charge in [-0.3, -0.25) is 0 Å². The molecule has 0 bridgehead atoms. The number of rotatable bonds is 5. The smallest absolute Gasteiger partial charge is 0.0715 e. The third-order valence-corrected chi connectivity index (χ3v) is 11.9.